The minimum Gasteiger partial charge on any atom is -0.491 e. The van der Waals surface area contributed by atoms with Gasteiger partial charge in [0.2, 0.25) is 0 Å². The number of halogens is 6. The average Bonchev–Trinajstić information content (AvgIpc) is 2.73. The zero-order valence-electron chi connectivity index (χ0n) is 11.1. The molecule has 0 spiro atoms. The number of hydrogen-bond acceptors (Lipinski definition) is 3. The molecule has 0 bridgehead atoms. The van der Waals surface area contributed by atoms with E-state index in [1.807, 2.05) is 0 Å². The highest BCUT2D eigenvalue weighted by Gasteiger charge is 2.32. The Morgan fingerprint density at radius 2 is 1.82 bits per heavy atom. The summed E-state index contributed by atoms with van der Waals surface area (Å²) in [6.07, 6.45) is -2.74. The number of nitrogens with zero attached hydrogens (tertiary/aromatic N) is 2. The lowest BCUT2D eigenvalue weighted by atomic mass is 10.2. The first-order chi connectivity index (χ1) is 10.2. The van der Waals surface area contributed by atoms with Crippen molar-refractivity contribution >= 4 is 50.9 Å². The van der Waals surface area contributed by atoms with Gasteiger partial charge in [0.15, 0.2) is 15.4 Å². The van der Waals surface area contributed by atoms with Gasteiger partial charge in [-0.25, -0.2) is 4.68 Å². The Labute approximate surface area is 146 Å². The minimum atomic E-state index is -4.53. The maximum atomic E-state index is 12.8. The van der Waals surface area contributed by atoms with Crippen molar-refractivity contribution in [1.29, 1.82) is 0 Å². The number of benzene rings is 1. The lowest BCUT2D eigenvalue weighted by Crippen LogP contribution is -2.07. The molecule has 0 fully saturated rings. The van der Waals surface area contributed by atoms with Crippen molar-refractivity contribution in [3.05, 3.63) is 32.3 Å². The Morgan fingerprint density at radius 3 is 2.18 bits per heavy atom. The number of rotatable bonds is 3. The molecule has 0 saturated heterocycles. The van der Waals surface area contributed by atoms with E-state index in [1.165, 1.54) is 23.6 Å². The molecule has 1 heterocycles. The Hall–Kier alpha value is -0.570. The maximum Gasteiger partial charge on any atom is 0.416 e. The molecule has 0 unspecified atom stereocenters. The zero-order chi connectivity index (χ0) is 16.7. The van der Waals surface area contributed by atoms with Gasteiger partial charge in [-0.3, -0.25) is 0 Å². The van der Waals surface area contributed by atoms with E-state index in [4.69, 9.17) is 27.9 Å². The molecule has 1 aromatic carbocycles. The smallest absolute Gasteiger partial charge is 0.416 e. The normalized spacial score (nSPS) is 11.8. The third kappa shape index (κ3) is 3.20. The van der Waals surface area contributed by atoms with E-state index in [-0.39, 0.29) is 15.7 Å². The summed E-state index contributed by atoms with van der Waals surface area (Å²) in [5.74, 6) is 0.444. The van der Waals surface area contributed by atoms with Crippen LogP contribution in [0.1, 0.15) is 5.56 Å². The SMILES string of the molecule is COc1c(SC)nn(-c2c(Cl)cc(C(F)(F)F)cc2Cl)c1Br. The van der Waals surface area contributed by atoms with Crippen LogP contribution in [0.2, 0.25) is 10.0 Å². The van der Waals surface area contributed by atoms with Crippen LogP contribution in [0.4, 0.5) is 13.2 Å². The Balaban J connectivity index is 2.67. The molecule has 0 atom stereocenters. The standard InChI is InChI=1S/C12H8BrCl2F3N2OS/c1-21-9-10(13)20(19-11(9)22-2)8-6(14)3-5(4-7(8)15)12(16,17)18/h3-4H,1-2H3. The molecule has 0 aliphatic carbocycles. The third-order valence-corrected chi connectivity index (χ3v) is 4.64. The molecule has 0 amide bonds. The summed E-state index contributed by atoms with van der Waals surface area (Å²) in [4.78, 5) is 0. The van der Waals surface area contributed by atoms with Crippen LogP contribution in [0, 0.1) is 0 Å². The first-order valence-electron chi connectivity index (χ1n) is 5.63. The predicted octanol–water partition coefficient (Wildman–Crippen LogP) is 5.69. The van der Waals surface area contributed by atoms with Crippen molar-refractivity contribution < 1.29 is 17.9 Å². The highest BCUT2D eigenvalue weighted by atomic mass is 79.9. The molecule has 3 nitrogen and oxygen atoms in total. The molecule has 22 heavy (non-hydrogen) atoms. The van der Waals surface area contributed by atoms with Crippen LogP contribution in [0.25, 0.3) is 5.69 Å². The molecule has 0 saturated carbocycles. The maximum absolute atomic E-state index is 12.8. The topological polar surface area (TPSA) is 27.1 Å². The third-order valence-electron chi connectivity index (χ3n) is 2.71. The second-order valence-electron chi connectivity index (χ2n) is 4.03. The van der Waals surface area contributed by atoms with Gasteiger partial charge in [0.25, 0.3) is 0 Å². The van der Waals surface area contributed by atoms with E-state index < -0.39 is 11.7 Å². The van der Waals surface area contributed by atoms with Gasteiger partial charge >= 0.3 is 6.18 Å². The number of thioether (sulfide) groups is 1. The van der Waals surface area contributed by atoms with Gasteiger partial charge in [-0.05, 0) is 34.3 Å². The number of aromatic nitrogens is 2. The summed E-state index contributed by atoms with van der Waals surface area (Å²) in [6.45, 7) is 0. The molecule has 0 N–H and O–H groups in total. The van der Waals surface area contributed by atoms with Crippen molar-refractivity contribution in [3.63, 3.8) is 0 Å². The molecule has 120 valence electrons. The van der Waals surface area contributed by atoms with Gasteiger partial charge in [-0.15, -0.1) is 11.8 Å². The summed E-state index contributed by atoms with van der Waals surface area (Å²) in [5, 5.41) is 4.45. The van der Waals surface area contributed by atoms with Crippen LogP contribution in [0.15, 0.2) is 21.8 Å². The van der Waals surface area contributed by atoms with Crippen LogP contribution in [0.5, 0.6) is 5.75 Å². The van der Waals surface area contributed by atoms with Crippen LogP contribution in [-0.2, 0) is 6.18 Å². The summed E-state index contributed by atoms with van der Waals surface area (Å²) in [5.41, 5.74) is -0.784. The van der Waals surface area contributed by atoms with Gasteiger partial charge in [-0.2, -0.15) is 18.3 Å². The molecular weight excluding hydrogens is 428 g/mol. The first kappa shape index (κ1) is 17.8. The van der Waals surface area contributed by atoms with Gasteiger partial charge < -0.3 is 4.74 Å². The molecule has 0 radical (unpaired) electrons. The van der Waals surface area contributed by atoms with Gasteiger partial charge in [0.05, 0.1) is 22.7 Å². The van der Waals surface area contributed by atoms with Crippen molar-refractivity contribution in [1.82, 2.24) is 9.78 Å². The van der Waals surface area contributed by atoms with E-state index in [1.54, 1.807) is 6.26 Å². The Bertz CT molecular complexity index is 698. The number of ether oxygens (including phenoxy) is 1. The second-order valence-corrected chi connectivity index (χ2v) is 6.39. The van der Waals surface area contributed by atoms with Gasteiger partial charge in [0.1, 0.15) is 5.69 Å². The number of hydrogen-bond donors (Lipinski definition) is 0. The number of methoxy groups -OCH3 is 1. The van der Waals surface area contributed by atoms with E-state index in [9.17, 15) is 13.2 Å². The summed E-state index contributed by atoms with van der Waals surface area (Å²) < 4.78 is 45.2. The molecule has 2 aromatic rings. The molecule has 1 aromatic heterocycles. The summed E-state index contributed by atoms with van der Waals surface area (Å²) in [7, 11) is 1.46. The fraction of sp³-hybridized carbons (Fsp3) is 0.250. The van der Waals surface area contributed by atoms with Gasteiger partial charge in [-0.1, -0.05) is 23.2 Å². The lowest BCUT2D eigenvalue weighted by molar-refractivity contribution is -0.137. The fourth-order valence-electron chi connectivity index (χ4n) is 1.75. The summed E-state index contributed by atoms with van der Waals surface area (Å²) in [6, 6.07) is 1.62. The average molecular weight is 436 g/mol. The van der Waals surface area contributed by atoms with E-state index in [0.29, 0.717) is 15.4 Å². The van der Waals surface area contributed by atoms with Crippen LogP contribution >= 0.6 is 50.9 Å². The van der Waals surface area contributed by atoms with Crippen LogP contribution in [0.3, 0.4) is 0 Å². The van der Waals surface area contributed by atoms with Crippen molar-refractivity contribution in [2.75, 3.05) is 13.4 Å². The Kier molecular flexibility index (Phi) is 5.26. The monoisotopic (exact) mass is 434 g/mol. The van der Waals surface area contributed by atoms with Crippen molar-refractivity contribution in [2.24, 2.45) is 0 Å². The molecule has 2 rings (SSSR count). The fourth-order valence-corrected chi connectivity index (χ4v) is 3.66. The van der Waals surface area contributed by atoms with E-state index in [2.05, 4.69) is 21.0 Å². The quantitative estimate of drug-likeness (QED) is 0.579. The first-order valence-corrected chi connectivity index (χ1v) is 8.41. The molecule has 0 aliphatic heterocycles. The van der Waals surface area contributed by atoms with E-state index in [0.717, 1.165) is 12.1 Å². The molecular formula is C12H8BrCl2F3N2OS. The largest absolute Gasteiger partial charge is 0.491 e. The predicted molar refractivity (Wildman–Crippen MR) is 84.6 cm³/mol. The Morgan fingerprint density at radius 1 is 1.27 bits per heavy atom. The zero-order valence-corrected chi connectivity index (χ0v) is 15.0. The van der Waals surface area contributed by atoms with Crippen LogP contribution in [-0.4, -0.2) is 23.1 Å². The summed E-state index contributed by atoms with van der Waals surface area (Å²) >= 11 is 16.6. The van der Waals surface area contributed by atoms with Crippen LogP contribution < -0.4 is 4.74 Å². The highest BCUT2D eigenvalue weighted by Crippen LogP contribution is 2.41. The molecule has 10 heteroatoms. The highest BCUT2D eigenvalue weighted by molar-refractivity contribution is 9.10. The second kappa shape index (κ2) is 6.51. The molecule has 0 aliphatic rings. The lowest BCUT2D eigenvalue weighted by Gasteiger charge is -2.13. The van der Waals surface area contributed by atoms with Crippen molar-refractivity contribution in [2.45, 2.75) is 11.2 Å². The number of alkyl halides is 3. The van der Waals surface area contributed by atoms with E-state index >= 15 is 0 Å². The minimum absolute atomic E-state index is 0.141. The van der Waals surface area contributed by atoms with Gasteiger partial charge in [0, 0.05) is 0 Å². The van der Waals surface area contributed by atoms with Crippen molar-refractivity contribution in [3.8, 4) is 11.4 Å².